The molecule has 0 spiro atoms. The van der Waals surface area contributed by atoms with Crippen molar-refractivity contribution in [3.8, 4) is 0 Å². The Hall–Kier alpha value is -0.310. The number of nitrogens with two attached hydrogens (primary N) is 1. The molecule has 2 N–H and O–H groups in total. The molecule has 0 saturated heterocycles. The average molecular weight is 266 g/mol. The van der Waals surface area contributed by atoms with Crippen LogP contribution in [0.5, 0.6) is 0 Å². The Kier molecular flexibility index (Phi) is 5.24. The number of aryl methyl sites for hydroxylation is 1. The van der Waals surface area contributed by atoms with Crippen molar-refractivity contribution in [2.75, 3.05) is 0 Å². The van der Waals surface area contributed by atoms with E-state index in [1.54, 1.807) is 6.07 Å². The molecule has 0 fully saturated rings. The lowest BCUT2D eigenvalue weighted by atomic mass is 9.82. The predicted molar refractivity (Wildman–Crippen MR) is 69.8 cm³/mol. The first-order valence-corrected chi connectivity index (χ1v) is 5.33. The van der Waals surface area contributed by atoms with E-state index in [2.05, 4.69) is 0 Å². The zero-order chi connectivity index (χ0) is 11.8. The summed E-state index contributed by atoms with van der Waals surface area (Å²) in [5.41, 5.74) is 7.08. The maximum Gasteiger partial charge on any atom is 0.129 e. The third kappa shape index (κ3) is 3.09. The van der Waals surface area contributed by atoms with Crippen LogP contribution in [0, 0.1) is 18.2 Å². The third-order valence-corrected chi connectivity index (χ3v) is 3.07. The molecule has 1 aromatic carbocycles. The Balaban J connectivity index is 0.00000225. The van der Waals surface area contributed by atoms with Gasteiger partial charge in [0.15, 0.2) is 0 Å². The lowest BCUT2D eigenvalue weighted by molar-refractivity contribution is 0.319. The van der Waals surface area contributed by atoms with Crippen LogP contribution >= 0.6 is 24.0 Å². The van der Waals surface area contributed by atoms with E-state index in [9.17, 15) is 4.39 Å². The molecule has 16 heavy (non-hydrogen) atoms. The molecule has 1 aromatic rings. The molecule has 4 heteroatoms. The summed E-state index contributed by atoms with van der Waals surface area (Å²) in [4.78, 5) is 0. The van der Waals surface area contributed by atoms with E-state index in [1.807, 2.05) is 27.7 Å². The molecule has 0 radical (unpaired) electrons. The van der Waals surface area contributed by atoms with Crippen LogP contribution < -0.4 is 5.73 Å². The first-order valence-electron chi connectivity index (χ1n) is 4.95. The van der Waals surface area contributed by atoms with E-state index < -0.39 is 6.04 Å². The van der Waals surface area contributed by atoms with Crippen molar-refractivity contribution < 1.29 is 4.39 Å². The van der Waals surface area contributed by atoms with E-state index in [0.29, 0.717) is 10.6 Å². The first kappa shape index (κ1) is 15.7. The van der Waals surface area contributed by atoms with Gasteiger partial charge in [-0.05, 0) is 24.0 Å². The SMILES string of the molecule is Cc1ccc(F)c([C@H](N)C(C)(C)C)c1Cl.Cl. The monoisotopic (exact) mass is 265 g/mol. The van der Waals surface area contributed by atoms with E-state index >= 15 is 0 Å². The van der Waals surface area contributed by atoms with E-state index in [4.69, 9.17) is 17.3 Å². The number of benzene rings is 1. The highest BCUT2D eigenvalue weighted by atomic mass is 35.5. The molecular formula is C12H18Cl2FN. The molecule has 92 valence electrons. The summed E-state index contributed by atoms with van der Waals surface area (Å²) in [5, 5.41) is 0.442. The molecule has 0 amide bonds. The van der Waals surface area contributed by atoms with Gasteiger partial charge in [-0.25, -0.2) is 4.39 Å². The highest BCUT2D eigenvalue weighted by Gasteiger charge is 2.27. The molecule has 1 rings (SSSR count). The molecule has 1 nitrogen and oxygen atoms in total. The maximum atomic E-state index is 13.6. The summed E-state index contributed by atoms with van der Waals surface area (Å²) < 4.78 is 13.6. The fourth-order valence-corrected chi connectivity index (χ4v) is 1.67. The zero-order valence-corrected chi connectivity index (χ0v) is 11.5. The average Bonchev–Trinajstić information content (AvgIpc) is 2.10. The van der Waals surface area contributed by atoms with E-state index in [0.717, 1.165) is 5.56 Å². The van der Waals surface area contributed by atoms with Gasteiger partial charge in [0.05, 0.1) is 5.02 Å². The van der Waals surface area contributed by atoms with Crippen molar-refractivity contribution in [1.29, 1.82) is 0 Å². The summed E-state index contributed by atoms with van der Waals surface area (Å²) >= 11 is 6.08. The Morgan fingerprint density at radius 3 is 2.25 bits per heavy atom. The van der Waals surface area contributed by atoms with Crippen LogP contribution in [0.15, 0.2) is 12.1 Å². The number of rotatable bonds is 1. The number of hydrogen-bond acceptors (Lipinski definition) is 1. The van der Waals surface area contributed by atoms with Crippen LogP contribution in [-0.2, 0) is 0 Å². The minimum Gasteiger partial charge on any atom is -0.323 e. The number of hydrogen-bond donors (Lipinski definition) is 1. The lowest BCUT2D eigenvalue weighted by Crippen LogP contribution is -2.27. The summed E-state index contributed by atoms with van der Waals surface area (Å²) in [5.74, 6) is -0.326. The second-order valence-corrected chi connectivity index (χ2v) is 5.31. The minimum atomic E-state index is -0.398. The molecule has 0 aliphatic carbocycles. The molecule has 0 bridgehead atoms. The molecule has 0 aliphatic rings. The van der Waals surface area contributed by atoms with Crippen LogP contribution in [0.25, 0.3) is 0 Å². The van der Waals surface area contributed by atoms with Gasteiger partial charge in [-0.2, -0.15) is 0 Å². The van der Waals surface area contributed by atoms with Gasteiger partial charge in [-0.1, -0.05) is 38.4 Å². The van der Waals surface area contributed by atoms with Gasteiger partial charge >= 0.3 is 0 Å². The maximum absolute atomic E-state index is 13.6. The Morgan fingerprint density at radius 1 is 1.31 bits per heavy atom. The second kappa shape index (κ2) is 5.35. The summed E-state index contributed by atoms with van der Waals surface area (Å²) in [6.07, 6.45) is 0. The Labute approximate surface area is 108 Å². The molecular weight excluding hydrogens is 248 g/mol. The van der Waals surface area contributed by atoms with Crippen molar-refractivity contribution in [3.63, 3.8) is 0 Å². The Bertz CT molecular complexity index is 372. The van der Waals surface area contributed by atoms with Crippen LogP contribution in [0.1, 0.15) is 37.9 Å². The van der Waals surface area contributed by atoms with Gasteiger partial charge in [0.25, 0.3) is 0 Å². The van der Waals surface area contributed by atoms with Gasteiger partial charge in [0.2, 0.25) is 0 Å². The van der Waals surface area contributed by atoms with Crippen molar-refractivity contribution in [3.05, 3.63) is 34.1 Å². The largest absolute Gasteiger partial charge is 0.323 e. The van der Waals surface area contributed by atoms with Gasteiger partial charge in [0.1, 0.15) is 5.82 Å². The summed E-state index contributed by atoms with van der Waals surface area (Å²) in [6.45, 7) is 7.75. The van der Waals surface area contributed by atoms with Crippen molar-refractivity contribution in [2.24, 2.45) is 11.1 Å². The smallest absolute Gasteiger partial charge is 0.129 e. The quantitative estimate of drug-likeness (QED) is 0.807. The fraction of sp³-hybridized carbons (Fsp3) is 0.500. The topological polar surface area (TPSA) is 26.0 Å². The molecule has 0 unspecified atom stereocenters. The lowest BCUT2D eigenvalue weighted by Gasteiger charge is -2.28. The van der Waals surface area contributed by atoms with Gasteiger partial charge in [0, 0.05) is 11.6 Å². The van der Waals surface area contributed by atoms with Gasteiger partial charge in [-0.15, -0.1) is 12.4 Å². The molecule has 1 atom stereocenters. The van der Waals surface area contributed by atoms with Crippen LogP contribution in [0.2, 0.25) is 5.02 Å². The number of halogens is 3. The molecule has 0 heterocycles. The highest BCUT2D eigenvalue weighted by molar-refractivity contribution is 6.32. The minimum absolute atomic E-state index is 0. The van der Waals surface area contributed by atoms with Gasteiger partial charge in [-0.3, -0.25) is 0 Å². The molecule has 0 saturated carbocycles. The van der Waals surface area contributed by atoms with Crippen molar-refractivity contribution in [1.82, 2.24) is 0 Å². The normalized spacial score (nSPS) is 13.2. The van der Waals surface area contributed by atoms with E-state index in [-0.39, 0.29) is 23.6 Å². The third-order valence-electron chi connectivity index (χ3n) is 2.56. The molecule has 0 aliphatic heterocycles. The summed E-state index contributed by atoms with van der Waals surface area (Å²) in [7, 11) is 0. The van der Waals surface area contributed by atoms with E-state index in [1.165, 1.54) is 6.07 Å². The van der Waals surface area contributed by atoms with Crippen molar-refractivity contribution in [2.45, 2.75) is 33.7 Å². The van der Waals surface area contributed by atoms with Crippen LogP contribution in [0.4, 0.5) is 4.39 Å². The zero-order valence-electron chi connectivity index (χ0n) is 9.97. The standard InChI is InChI=1S/C12H17ClFN.ClH/c1-7-5-6-8(14)9(10(7)13)11(15)12(2,3)4;/h5-6,11H,15H2,1-4H3;1H/t11-;/m0./s1. The molecule has 0 aromatic heterocycles. The van der Waals surface area contributed by atoms with Crippen molar-refractivity contribution >= 4 is 24.0 Å². The Morgan fingerprint density at radius 2 is 1.81 bits per heavy atom. The fourth-order valence-electron chi connectivity index (χ4n) is 1.40. The predicted octanol–water partition coefficient (Wildman–Crippen LogP) is 4.26. The van der Waals surface area contributed by atoms with Gasteiger partial charge < -0.3 is 5.73 Å². The van der Waals surface area contributed by atoms with Crippen LogP contribution in [-0.4, -0.2) is 0 Å². The first-order chi connectivity index (χ1) is 6.75. The highest BCUT2D eigenvalue weighted by Crippen LogP contribution is 2.37. The van der Waals surface area contributed by atoms with Crippen LogP contribution in [0.3, 0.4) is 0 Å². The summed E-state index contributed by atoms with van der Waals surface area (Å²) in [6, 6.07) is 2.68. The second-order valence-electron chi connectivity index (χ2n) is 4.94.